The van der Waals surface area contributed by atoms with E-state index in [2.05, 4.69) is 15.4 Å². The number of aromatic nitrogens is 3. The SMILES string of the molecule is O=C(O)c1ccc(N(CCO)C(=O)c2cn[nH]n2)cc1. The zero-order valence-corrected chi connectivity index (χ0v) is 10.4. The predicted octanol–water partition coefficient (Wildman–Crippen LogP) is 0.142. The Morgan fingerprint density at radius 2 is 1.95 bits per heavy atom. The Morgan fingerprint density at radius 1 is 1.25 bits per heavy atom. The summed E-state index contributed by atoms with van der Waals surface area (Å²) in [5, 5.41) is 27.5. The summed E-state index contributed by atoms with van der Waals surface area (Å²) in [6.45, 7) is -0.164. The number of aliphatic hydroxyl groups excluding tert-OH is 1. The van der Waals surface area contributed by atoms with Crippen LogP contribution in [0.3, 0.4) is 0 Å². The summed E-state index contributed by atoms with van der Waals surface area (Å²) in [5.74, 6) is -1.48. The predicted molar refractivity (Wildman–Crippen MR) is 68.5 cm³/mol. The molecule has 0 aliphatic carbocycles. The van der Waals surface area contributed by atoms with E-state index in [0.717, 1.165) is 0 Å². The monoisotopic (exact) mass is 276 g/mol. The first-order valence-corrected chi connectivity index (χ1v) is 5.75. The van der Waals surface area contributed by atoms with Gasteiger partial charge in [0.25, 0.3) is 5.91 Å². The quantitative estimate of drug-likeness (QED) is 0.714. The summed E-state index contributed by atoms with van der Waals surface area (Å²) in [7, 11) is 0. The number of hydrogen-bond donors (Lipinski definition) is 3. The van der Waals surface area contributed by atoms with Crippen LogP contribution in [0.1, 0.15) is 20.8 Å². The number of aromatic carboxylic acids is 1. The number of hydrogen-bond acceptors (Lipinski definition) is 5. The fourth-order valence-corrected chi connectivity index (χ4v) is 1.67. The molecule has 3 N–H and O–H groups in total. The van der Waals surface area contributed by atoms with Gasteiger partial charge in [0.2, 0.25) is 0 Å². The Bertz CT molecular complexity index is 594. The van der Waals surface area contributed by atoms with E-state index in [9.17, 15) is 9.59 Å². The Morgan fingerprint density at radius 3 is 2.45 bits per heavy atom. The van der Waals surface area contributed by atoms with Crippen molar-refractivity contribution in [1.82, 2.24) is 15.4 Å². The summed E-state index contributed by atoms with van der Waals surface area (Å²) in [5.41, 5.74) is 0.699. The first-order chi connectivity index (χ1) is 9.63. The lowest BCUT2D eigenvalue weighted by Gasteiger charge is -2.20. The molecule has 1 aromatic heterocycles. The highest BCUT2D eigenvalue weighted by atomic mass is 16.4. The van der Waals surface area contributed by atoms with Crippen LogP contribution in [0.5, 0.6) is 0 Å². The molecule has 8 heteroatoms. The van der Waals surface area contributed by atoms with E-state index >= 15 is 0 Å². The van der Waals surface area contributed by atoms with Crippen LogP contribution in [0.15, 0.2) is 30.5 Å². The fourth-order valence-electron chi connectivity index (χ4n) is 1.67. The number of benzene rings is 1. The molecule has 0 spiro atoms. The Kier molecular flexibility index (Phi) is 4.06. The Balaban J connectivity index is 2.28. The number of carboxylic acid groups (broad SMARTS) is 1. The number of amides is 1. The maximum absolute atomic E-state index is 12.2. The molecule has 1 amide bonds. The molecule has 2 rings (SSSR count). The van der Waals surface area contributed by atoms with Crippen LogP contribution in [-0.2, 0) is 0 Å². The molecule has 0 aliphatic rings. The van der Waals surface area contributed by atoms with Gasteiger partial charge in [0.05, 0.1) is 18.4 Å². The van der Waals surface area contributed by atoms with Crippen LogP contribution in [0, 0.1) is 0 Å². The normalized spacial score (nSPS) is 10.2. The summed E-state index contributed by atoms with van der Waals surface area (Å²) in [4.78, 5) is 24.3. The molecule has 0 aliphatic heterocycles. The number of nitrogens with zero attached hydrogens (tertiary/aromatic N) is 3. The summed E-state index contributed by atoms with van der Waals surface area (Å²) >= 11 is 0. The van der Waals surface area contributed by atoms with Gasteiger partial charge in [-0.05, 0) is 24.3 Å². The summed E-state index contributed by atoms with van der Waals surface area (Å²) in [6, 6.07) is 5.77. The lowest BCUT2D eigenvalue weighted by Crippen LogP contribution is -2.33. The van der Waals surface area contributed by atoms with Crippen molar-refractivity contribution in [3.8, 4) is 0 Å². The molecule has 0 saturated heterocycles. The Labute approximate surface area is 113 Å². The maximum Gasteiger partial charge on any atom is 0.335 e. The van der Waals surface area contributed by atoms with Gasteiger partial charge in [-0.2, -0.15) is 15.4 Å². The van der Waals surface area contributed by atoms with Crippen LogP contribution in [0.2, 0.25) is 0 Å². The van der Waals surface area contributed by atoms with Gasteiger partial charge in [-0.1, -0.05) is 0 Å². The number of carboxylic acids is 1. The third-order valence-electron chi connectivity index (χ3n) is 2.63. The number of carbonyl (C=O) groups is 2. The third kappa shape index (κ3) is 2.81. The molecule has 0 bridgehead atoms. The number of carbonyl (C=O) groups excluding carboxylic acids is 1. The van der Waals surface area contributed by atoms with Crippen molar-refractivity contribution in [2.24, 2.45) is 0 Å². The van der Waals surface area contributed by atoms with E-state index in [1.165, 1.54) is 35.4 Å². The van der Waals surface area contributed by atoms with Gasteiger partial charge >= 0.3 is 5.97 Å². The smallest absolute Gasteiger partial charge is 0.335 e. The summed E-state index contributed by atoms with van der Waals surface area (Å²) < 4.78 is 0. The molecule has 1 heterocycles. The molecule has 20 heavy (non-hydrogen) atoms. The van der Waals surface area contributed by atoms with Gasteiger partial charge in [0, 0.05) is 12.2 Å². The Hall–Kier alpha value is -2.74. The van der Waals surface area contributed by atoms with E-state index in [-0.39, 0.29) is 24.4 Å². The van der Waals surface area contributed by atoms with Crippen LogP contribution < -0.4 is 4.90 Å². The molecular weight excluding hydrogens is 264 g/mol. The molecule has 1 aromatic carbocycles. The van der Waals surface area contributed by atoms with Gasteiger partial charge in [0.1, 0.15) is 0 Å². The molecule has 2 aromatic rings. The van der Waals surface area contributed by atoms with Gasteiger partial charge in [-0.25, -0.2) is 4.79 Å². The average molecular weight is 276 g/mol. The molecule has 0 radical (unpaired) electrons. The molecular formula is C12H12N4O4. The van der Waals surface area contributed by atoms with E-state index in [1.807, 2.05) is 0 Å². The first kappa shape index (κ1) is 13.7. The standard InChI is InChI=1S/C12H12N4O4/c17-6-5-16(11(18)10-7-13-15-14-10)9-3-1-8(2-4-9)12(19)20/h1-4,7,17H,5-6H2,(H,19,20)(H,13,14,15). The van der Waals surface area contributed by atoms with Gasteiger partial charge in [-0.3, -0.25) is 4.79 Å². The number of anilines is 1. The van der Waals surface area contributed by atoms with Crippen molar-refractivity contribution < 1.29 is 19.8 Å². The number of aromatic amines is 1. The zero-order chi connectivity index (χ0) is 14.5. The van der Waals surface area contributed by atoms with Crippen molar-refractivity contribution in [2.45, 2.75) is 0 Å². The largest absolute Gasteiger partial charge is 0.478 e. The number of nitrogens with one attached hydrogen (secondary N) is 1. The fraction of sp³-hybridized carbons (Fsp3) is 0.167. The highest BCUT2D eigenvalue weighted by molar-refractivity contribution is 6.04. The van der Waals surface area contributed by atoms with E-state index in [4.69, 9.17) is 10.2 Å². The second-order valence-corrected chi connectivity index (χ2v) is 3.89. The van der Waals surface area contributed by atoms with Crippen molar-refractivity contribution in [3.63, 3.8) is 0 Å². The molecule has 8 nitrogen and oxygen atoms in total. The minimum absolute atomic E-state index is 0.0676. The molecule has 0 unspecified atom stereocenters. The van der Waals surface area contributed by atoms with Crippen LogP contribution in [-0.4, -0.2) is 50.7 Å². The lowest BCUT2D eigenvalue weighted by molar-refractivity contribution is 0.0696. The van der Waals surface area contributed by atoms with Crippen LogP contribution in [0.25, 0.3) is 0 Å². The van der Waals surface area contributed by atoms with Gasteiger partial charge in [0.15, 0.2) is 5.69 Å². The number of H-pyrrole nitrogens is 1. The minimum Gasteiger partial charge on any atom is -0.478 e. The molecule has 0 fully saturated rings. The lowest BCUT2D eigenvalue weighted by atomic mass is 10.2. The van der Waals surface area contributed by atoms with Crippen LogP contribution in [0.4, 0.5) is 5.69 Å². The first-order valence-electron chi connectivity index (χ1n) is 5.75. The highest BCUT2D eigenvalue weighted by Gasteiger charge is 2.19. The molecule has 104 valence electrons. The zero-order valence-electron chi connectivity index (χ0n) is 10.4. The second-order valence-electron chi connectivity index (χ2n) is 3.89. The van der Waals surface area contributed by atoms with Crippen molar-refractivity contribution in [2.75, 3.05) is 18.1 Å². The van der Waals surface area contributed by atoms with Crippen molar-refractivity contribution in [3.05, 3.63) is 41.7 Å². The van der Waals surface area contributed by atoms with E-state index < -0.39 is 11.9 Å². The minimum atomic E-state index is -1.05. The topological polar surface area (TPSA) is 119 Å². The maximum atomic E-state index is 12.2. The van der Waals surface area contributed by atoms with Crippen molar-refractivity contribution in [1.29, 1.82) is 0 Å². The van der Waals surface area contributed by atoms with Crippen molar-refractivity contribution >= 4 is 17.6 Å². The van der Waals surface area contributed by atoms with Gasteiger partial charge < -0.3 is 15.1 Å². The average Bonchev–Trinajstić information content (AvgIpc) is 2.98. The molecule has 0 atom stereocenters. The number of rotatable bonds is 5. The highest BCUT2D eigenvalue weighted by Crippen LogP contribution is 2.17. The third-order valence-corrected chi connectivity index (χ3v) is 2.63. The summed E-state index contributed by atoms with van der Waals surface area (Å²) in [6.07, 6.45) is 1.28. The van der Waals surface area contributed by atoms with E-state index in [1.54, 1.807) is 0 Å². The van der Waals surface area contributed by atoms with E-state index in [0.29, 0.717) is 5.69 Å². The second kappa shape index (κ2) is 5.93. The van der Waals surface area contributed by atoms with Crippen LogP contribution >= 0.6 is 0 Å². The number of aliphatic hydroxyl groups is 1. The molecule has 0 saturated carbocycles. The van der Waals surface area contributed by atoms with Gasteiger partial charge in [-0.15, -0.1) is 0 Å².